The maximum absolute atomic E-state index is 13.1. The van der Waals surface area contributed by atoms with Crippen LogP contribution in [0.25, 0.3) is 0 Å². The molecule has 1 amide bonds. The summed E-state index contributed by atoms with van der Waals surface area (Å²) in [5.74, 6) is -1.04. The number of nitriles is 1. The van der Waals surface area contributed by atoms with E-state index in [9.17, 15) is 19.2 Å². The van der Waals surface area contributed by atoms with Gasteiger partial charge in [0.15, 0.2) is 12.4 Å². The molecule has 0 spiro atoms. The standard InChI is InChI=1S/C16H17FN2O3/c1-10(20)13-7-12(17)5-6-14(13)22-8-15(21)19-16(2,9-18)11-3-4-11/h5-7,11H,3-4,8H2,1-2H3,(H,19,21). The molecule has 1 unspecified atom stereocenters. The maximum Gasteiger partial charge on any atom is 0.259 e. The number of benzene rings is 1. The van der Waals surface area contributed by atoms with Crippen molar-refractivity contribution >= 4 is 11.7 Å². The summed E-state index contributed by atoms with van der Waals surface area (Å²) >= 11 is 0. The highest BCUT2D eigenvalue weighted by Gasteiger charge is 2.43. The number of Topliss-reactive ketones (excluding diaryl/α,β-unsaturated/α-hetero) is 1. The normalized spacial score (nSPS) is 16.3. The van der Waals surface area contributed by atoms with Gasteiger partial charge in [0.2, 0.25) is 0 Å². The number of carbonyl (C=O) groups excluding carboxylic acids is 2. The Morgan fingerprint density at radius 3 is 2.73 bits per heavy atom. The first-order chi connectivity index (χ1) is 10.4. The van der Waals surface area contributed by atoms with Crippen LogP contribution in [0.4, 0.5) is 4.39 Å². The molecule has 22 heavy (non-hydrogen) atoms. The van der Waals surface area contributed by atoms with E-state index in [0.717, 1.165) is 25.0 Å². The van der Waals surface area contributed by atoms with E-state index in [1.807, 2.05) is 0 Å². The predicted octanol–water partition coefficient (Wildman–Crippen LogP) is 2.22. The summed E-state index contributed by atoms with van der Waals surface area (Å²) in [5, 5.41) is 11.8. The minimum absolute atomic E-state index is 0.0815. The molecule has 0 radical (unpaired) electrons. The molecule has 0 aliphatic heterocycles. The SMILES string of the molecule is CC(=O)c1cc(F)ccc1OCC(=O)NC(C)(C#N)C1CC1. The molecule has 0 aromatic heterocycles. The van der Waals surface area contributed by atoms with Gasteiger partial charge in [0.1, 0.15) is 17.1 Å². The van der Waals surface area contributed by atoms with Crippen LogP contribution in [0.3, 0.4) is 0 Å². The monoisotopic (exact) mass is 304 g/mol. The highest BCUT2D eigenvalue weighted by molar-refractivity contribution is 5.96. The summed E-state index contributed by atoms with van der Waals surface area (Å²) in [6.45, 7) is 2.64. The number of ketones is 1. The third-order valence-electron chi connectivity index (χ3n) is 3.70. The Labute approximate surface area is 128 Å². The summed E-state index contributed by atoms with van der Waals surface area (Å²) in [4.78, 5) is 23.4. The molecule has 1 aromatic carbocycles. The molecule has 1 aromatic rings. The molecule has 2 rings (SSSR count). The summed E-state index contributed by atoms with van der Waals surface area (Å²) in [6, 6.07) is 5.65. The summed E-state index contributed by atoms with van der Waals surface area (Å²) in [6.07, 6.45) is 1.83. The second kappa shape index (κ2) is 6.14. The molecule has 1 N–H and O–H groups in total. The third-order valence-corrected chi connectivity index (χ3v) is 3.70. The van der Waals surface area contributed by atoms with Crippen molar-refractivity contribution in [1.82, 2.24) is 5.32 Å². The Hall–Kier alpha value is -2.42. The number of nitrogens with one attached hydrogen (secondary N) is 1. The van der Waals surface area contributed by atoms with Crippen LogP contribution in [0.15, 0.2) is 18.2 Å². The van der Waals surface area contributed by atoms with Crippen molar-refractivity contribution in [3.05, 3.63) is 29.6 Å². The minimum Gasteiger partial charge on any atom is -0.483 e. The molecular formula is C16H17FN2O3. The lowest BCUT2D eigenvalue weighted by molar-refractivity contribution is -0.124. The molecule has 0 bridgehead atoms. The number of carbonyl (C=O) groups is 2. The lowest BCUT2D eigenvalue weighted by atomic mass is 9.98. The van der Waals surface area contributed by atoms with Gasteiger partial charge in [0, 0.05) is 0 Å². The second-order valence-corrected chi connectivity index (χ2v) is 5.62. The zero-order valence-electron chi connectivity index (χ0n) is 12.5. The van der Waals surface area contributed by atoms with E-state index < -0.39 is 17.3 Å². The average molecular weight is 304 g/mol. The Kier molecular flexibility index (Phi) is 4.45. The molecule has 0 saturated heterocycles. The van der Waals surface area contributed by atoms with Crippen LogP contribution in [0.1, 0.15) is 37.0 Å². The van der Waals surface area contributed by atoms with Gasteiger partial charge in [-0.05, 0) is 50.8 Å². The molecule has 0 heterocycles. The van der Waals surface area contributed by atoms with Gasteiger partial charge in [0.05, 0.1) is 11.6 Å². The molecule has 1 atom stereocenters. The van der Waals surface area contributed by atoms with Crippen molar-refractivity contribution in [2.24, 2.45) is 5.92 Å². The van der Waals surface area contributed by atoms with Gasteiger partial charge < -0.3 is 10.1 Å². The fourth-order valence-electron chi connectivity index (χ4n) is 2.25. The van der Waals surface area contributed by atoms with E-state index >= 15 is 0 Å². The van der Waals surface area contributed by atoms with Crippen LogP contribution >= 0.6 is 0 Å². The summed E-state index contributed by atoms with van der Waals surface area (Å²) in [5.41, 5.74) is -0.815. The molecule has 1 aliphatic rings. The quantitative estimate of drug-likeness (QED) is 0.817. The van der Waals surface area contributed by atoms with Crippen molar-refractivity contribution in [1.29, 1.82) is 5.26 Å². The number of hydrogen-bond donors (Lipinski definition) is 1. The summed E-state index contributed by atoms with van der Waals surface area (Å²) < 4.78 is 18.4. The van der Waals surface area contributed by atoms with E-state index in [4.69, 9.17) is 4.74 Å². The fourth-order valence-corrected chi connectivity index (χ4v) is 2.25. The molecule has 5 nitrogen and oxygen atoms in total. The molecule has 1 aliphatic carbocycles. The Morgan fingerprint density at radius 1 is 1.50 bits per heavy atom. The summed E-state index contributed by atoms with van der Waals surface area (Å²) in [7, 11) is 0. The second-order valence-electron chi connectivity index (χ2n) is 5.62. The van der Waals surface area contributed by atoms with Gasteiger partial charge in [-0.25, -0.2) is 4.39 Å². The van der Waals surface area contributed by atoms with Gasteiger partial charge in [0.25, 0.3) is 5.91 Å². The van der Waals surface area contributed by atoms with Crippen LogP contribution < -0.4 is 10.1 Å². The molecule has 116 valence electrons. The maximum atomic E-state index is 13.1. The van der Waals surface area contributed by atoms with E-state index in [1.54, 1.807) is 6.92 Å². The zero-order valence-corrected chi connectivity index (χ0v) is 12.5. The fraction of sp³-hybridized carbons (Fsp3) is 0.438. The van der Waals surface area contributed by atoms with Gasteiger partial charge in [-0.1, -0.05) is 0 Å². The first kappa shape index (κ1) is 16.0. The minimum atomic E-state index is -0.896. The van der Waals surface area contributed by atoms with Gasteiger partial charge >= 0.3 is 0 Å². The van der Waals surface area contributed by atoms with Crippen LogP contribution in [0.5, 0.6) is 5.75 Å². The van der Waals surface area contributed by atoms with Crippen molar-refractivity contribution in [2.45, 2.75) is 32.2 Å². The van der Waals surface area contributed by atoms with Crippen LogP contribution in [-0.2, 0) is 4.79 Å². The van der Waals surface area contributed by atoms with Crippen LogP contribution in [0.2, 0.25) is 0 Å². The largest absolute Gasteiger partial charge is 0.483 e. The highest BCUT2D eigenvalue weighted by Crippen LogP contribution is 2.39. The average Bonchev–Trinajstić information content (AvgIpc) is 3.30. The zero-order chi connectivity index (χ0) is 16.3. The van der Waals surface area contributed by atoms with E-state index in [2.05, 4.69) is 11.4 Å². The van der Waals surface area contributed by atoms with E-state index in [0.29, 0.717) is 0 Å². The smallest absolute Gasteiger partial charge is 0.259 e. The van der Waals surface area contributed by atoms with Crippen LogP contribution in [-0.4, -0.2) is 23.8 Å². The van der Waals surface area contributed by atoms with Crippen molar-refractivity contribution in [3.8, 4) is 11.8 Å². The van der Waals surface area contributed by atoms with Gasteiger partial charge in [-0.3, -0.25) is 9.59 Å². The van der Waals surface area contributed by atoms with E-state index in [1.165, 1.54) is 13.0 Å². The topological polar surface area (TPSA) is 79.2 Å². The van der Waals surface area contributed by atoms with Gasteiger partial charge in [-0.15, -0.1) is 0 Å². The molecular weight excluding hydrogens is 287 g/mol. The highest BCUT2D eigenvalue weighted by atomic mass is 19.1. The van der Waals surface area contributed by atoms with Crippen molar-refractivity contribution < 1.29 is 18.7 Å². The number of ether oxygens (including phenoxy) is 1. The molecule has 1 fully saturated rings. The number of halogens is 1. The molecule has 6 heteroatoms. The third kappa shape index (κ3) is 3.61. The Morgan fingerprint density at radius 2 is 2.18 bits per heavy atom. The number of nitrogens with zero attached hydrogens (tertiary/aromatic N) is 1. The van der Waals surface area contributed by atoms with E-state index in [-0.39, 0.29) is 29.6 Å². The first-order valence-electron chi connectivity index (χ1n) is 7.01. The van der Waals surface area contributed by atoms with Crippen molar-refractivity contribution in [2.75, 3.05) is 6.61 Å². The van der Waals surface area contributed by atoms with Crippen molar-refractivity contribution in [3.63, 3.8) is 0 Å². The number of rotatable bonds is 6. The number of hydrogen-bond acceptors (Lipinski definition) is 4. The number of amides is 1. The lowest BCUT2D eigenvalue weighted by Gasteiger charge is -2.22. The Bertz CT molecular complexity index is 649. The van der Waals surface area contributed by atoms with Crippen LogP contribution in [0, 0.1) is 23.1 Å². The Balaban J connectivity index is 2.00. The molecule has 1 saturated carbocycles. The lowest BCUT2D eigenvalue weighted by Crippen LogP contribution is -2.48. The van der Waals surface area contributed by atoms with Gasteiger partial charge in [-0.2, -0.15) is 5.26 Å². The first-order valence-corrected chi connectivity index (χ1v) is 7.01. The predicted molar refractivity (Wildman–Crippen MR) is 76.8 cm³/mol.